The summed E-state index contributed by atoms with van der Waals surface area (Å²) < 4.78 is 5.55. The van der Waals surface area contributed by atoms with E-state index in [1.165, 1.54) is 11.1 Å². The molecular weight excluding hydrogens is 304 g/mol. The van der Waals surface area contributed by atoms with Crippen LogP contribution in [0.2, 0.25) is 0 Å². The maximum atomic E-state index is 12.4. The minimum atomic E-state index is -0.164. The van der Waals surface area contributed by atoms with E-state index in [1.807, 2.05) is 6.07 Å². The van der Waals surface area contributed by atoms with Gasteiger partial charge in [0.05, 0.1) is 6.61 Å². The Labute approximate surface area is 144 Å². The van der Waals surface area contributed by atoms with Crippen LogP contribution in [0.3, 0.4) is 0 Å². The van der Waals surface area contributed by atoms with Crippen LogP contribution in [0, 0.1) is 6.92 Å². The monoisotopic (exact) mass is 332 g/mol. The Morgan fingerprint density at radius 3 is 2.75 bits per heavy atom. The third-order valence-electron chi connectivity index (χ3n) is 4.75. The molecule has 1 fully saturated rings. The molecular formula is C19H28N2O3. The van der Waals surface area contributed by atoms with Gasteiger partial charge in [0.1, 0.15) is 0 Å². The zero-order valence-corrected chi connectivity index (χ0v) is 14.5. The average molecular weight is 332 g/mol. The number of hydrogen-bond donors (Lipinski definition) is 2. The third kappa shape index (κ3) is 4.36. The topological polar surface area (TPSA) is 61.8 Å². The fraction of sp³-hybridized carbons (Fsp3) is 0.526. The lowest BCUT2D eigenvalue weighted by molar-refractivity contribution is 0.0499. The van der Waals surface area contributed by atoms with Crippen LogP contribution in [0.15, 0.2) is 36.9 Å². The summed E-state index contributed by atoms with van der Waals surface area (Å²) in [6.45, 7) is 8.43. The van der Waals surface area contributed by atoms with Gasteiger partial charge in [-0.1, -0.05) is 30.3 Å². The van der Waals surface area contributed by atoms with E-state index < -0.39 is 0 Å². The molecule has 0 atom stereocenters. The lowest BCUT2D eigenvalue weighted by Gasteiger charge is -2.39. The number of carbonyl (C=O) groups is 1. The molecule has 5 heteroatoms. The van der Waals surface area contributed by atoms with Gasteiger partial charge in [0.2, 0.25) is 0 Å². The lowest BCUT2D eigenvalue weighted by atomic mass is 9.72. The van der Waals surface area contributed by atoms with Gasteiger partial charge in [0.25, 0.3) is 0 Å². The summed E-state index contributed by atoms with van der Waals surface area (Å²) in [6, 6.07) is 8.20. The minimum Gasteiger partial charge on any atom is -0.395 e. The summed E-state index contributed by atoms with van der Waals surface area (Å²) >= 11 is 0. The molecule has 0 radical (unpaired) electrons. The fourth-order valence-electron chi connectivity index (χ4n) is 3.38. The van der Waals surface area contributed by atoms with E-state index in [9.17, 15) is 4.79 Å². The van der Waals surface area contributed by atoms with E-state index in [0.29, 0.717) is 32.8 Å². The molecule has 1 aliphatic rings. The van der Waals surface area contributed by atoms with Gasteiger partial charge in [-0.15, -0.1) is 6.58 Å². The van der Waals surface area contributed by atoms with Crippen molar-refractivity contribution < 1.29 is 14.6 Å². The summed E-state index contributed by atoms with van der Waals surface area (Å²) in [5.74, 6) is 0. The van der Waals surface area contributed by atoms with Crippen LogP contribution in [0.4, 0.5) is 4.79 Å². The van der Waals surface area contributed by atoms with E-state index in [-0.39, 0.29) is 18.1 Å². The number of benzene rings is 1. The van der Waals surface area contributed by atoms with Crippen molar-refractivity contribution in [2.45, 2.75) is 25.2 Å². The summed E-state index contributed by atoms with van der Waals surface area (Å²) in [6.07, 6.45) is 3.44. The first kappa shape index (κ1) is 18.5. The molecule has 132 valence electrons. The average Bonchev–Trinajstić information content (AvgIpc) is 2.60. The second kappa shape index (κ2) is 8.85. The van der Waals surface area contributed by atoms with Crippen LogP contribution >= 0.6 is 0 Å². The van der Waals surface area contributed by atoms with Crippen molar-refractivity contribution in [1.82, 2.24) is 10.2 Å². The van der Waals surface area contributed by atoms with Crippen LogP contribution < -0.4 is 5.32 Å². The SMILES string of the molecule is C=CCN(CCO)C(=O)NCC1(c2ccccc2C)CCOCC1. The van der Waals surface area contributed by atoms with Gasteiger partial charge < -0.3 is 20.1 Å². The van der Waals surface area contributed by atoms with E-state index in [0.717, 1.165) is 12.8 Å². The molecule has 0 unspecified atom stereocenters. The molecule has 0 bridgehead atoms. The Kier molecular flexibility index (Phi) is 6.82. The van der Waals surface area contributed by atoms with Gasteiger partial charge in [-0.2, -0.15) is 0 Å². The van der Waals surface area contributed by atoms with Crippen molar-refractivity contribution in [3.05, 3.63) is 48.0 Å². The molecule has 5 nitrogen and oxygen atoms in total. The van der Waals surface area contributed by atoms with Crippen molar-refractivity contribution in [2.75, 3.05) is 39.5 Å². The number of hydrogen-bond acceptors (Lipinski definition) is 3. The Hall–Kier alpha value is -1.85. The van der Waals surface area contributed by atoms with Gasteiger partial charge in [0, 0.05) is 38.3 Å². The number of amides is 2. The molecule has 0 saturated carbocycles. The molecule has 2 amide bonds. The number of urea groups is 1. The van der Waals surface area contributed by atoms with Gasteiger partial charge in [0.15, 0.2) is 0 Å². The second-order valence-electron chi connectivity index (χ2n) is 6.32. The molecule has 1 aromatic rings. The maximum absolute atomic E-state index is 12.4. The van der Waals surface area contributed by atoms with Crippen molar-refractivity contribution >= 4 is 6.03 Å². The van der Waals surface area contributed by atoms with Crippen LogP contribution in [0.1, 0.15) is 24.0 Å². The van der Waals surface area contributed by atoms with Crippen molar-refractivity contribution in [1.29, 1.82) is 0 Å². The first-order chi connectivity index (χ1) is 11.6. The Morgan fingerprint density at radius 2 is 2.12 bits per heavy atom. The number of nitrogens with one attached hydrogen (secondary N) is 1. The lowest BCUT2D eigenvalue weighted by Crippen LogP contribution is -2.49. The second-order valence-corrected chi connectivity index (χ2v) is 6.32. The quantitative estimate of drug-likeness (QED) is 0.753. The number of nitrogens with zero attached hydrogens (tertiary/aromatic N) is 1. The molecule has 0 aromatic heterocycles. The highest BCUT2D eigenvalue weighted by Gasteiger charge is 2.36. The predicted molar refractivity (Wildman–Crippen MR) is 95.2 cm³/mol. The molecule has 2 N–H and O–H groups in total. The van der Waals surface area contributed by atoms with E-state index >= 15 is 0 Å². The first-order valence-electron chi connectivity index (χ1n) is 8.51. The molecule has 24 heavy (non-hydrogen) atoms. The van der Waals surface area contributed by atoms with Gasteiger partial charge >= 0.3 is 6.03 Å². The zero-order chi connectivity index (χ0) is 17.4. The van der Waals surface area contributed by atoms with E-state index in [1.54, 1.807) is 11.0 Å². The Balaban J connectivity index is 2.13. The number of rotatable bonds is 7. The molecule has 0 aliphatic carbocycles. The van der Waals surface area contributed by atoms with Crippen molar-refractivity contribution in [2.24, 2.45) is 0 Å². The normalized spacial score (nSPS) is 16.4. The smallest absolute Gasteiger partial charge is 0.317 e. The summed E-state index contributed by atoms with van der Waals surface area (Å²) in [5.41, 5.74) is 2.43. The minimum absolute atomic E-state index is 0.0575. The first-order valence-corrected chi connectivity index (χ1v) is 8.51. The predicted octanol–water partition coefficient (Wildman–Crippen LogP) is 2.23. The van der Waals surface area contributed by atoms with Crippen LogP contribution in [0.25, 0.3) is 0 Å². The Bertz CT molecular complexity index is 553. The van der Waals surface area contributed by atoms with E-state index in [4.69, 9.17) is 9.84 Å². The molecule has 1 saturated heterocycles. The maximum Gasteiger partial charge on any atom is 0.317 e. The Morgan fingerprint density at radius 1 is 1.42 bits per heavy atom. The number of aliphatic hydroxyl groups excluding tert-OH is 1. The standard InChI is InChI=1S/C19H28N2O3/c1-3-10-21(11-12-22)18(23)20-15-19(8-13-24-14-9-19)17-7-5-4-6-16(17)2/h3-7,22H,1,8-15H2,2H3,(H,20,23). The van der Waals surface area contributed by atoms with Crippen molar-refractivity contribution in [3.8, 4) is 0 Å². The molecule has 2 rings (SSSR count). The third-order valence-corrected chi connectivity index (χ3v) is 4.75. The van der Waals surface area contributed by atoms with Crippen LogP contribution in [-0.2, 0) is 10.2 Å². The van der Waals surface area contributed by atoms with Crippen LogP contribution in [-0.4, -0.2) is 55.5 Å². The number of aliphatic hydroxyl groups is 1. The number of ether oxygens (including phenoxy) is 1. The highest BCUT2D eigenvalue weighted by Crippen LogP contribution is 2.36. The number of carbonyl (C=O) groups excluding carboxylic acids is 1. The molecule has 1 aromatic carbocycles. The van der Waals surface area contributed by atoms with Gasteiger partial charge in [-0.3, -0.25) is 0 Å². The van der Waals surface area contributed by atoms with Gasteiger partial charge in [-0.25, -0.2) is 4.79 Å². The highest BCUT2D eigenvalue weighted by molar-refractivity contribution is 5.74. The summed E-state index contributed by atoms with van der Waals surface area (Å²) in [5, 5.41) is 12.2. The molecule has 0 spiro atoms. The van der Waals surface area contributed by atoms with Crippen LogP contribution in [0.5, 0.6) is 0 Å². The van der Waals surface area contributed by atoms with Gasteiger partial charge in [-0.05, 0) is 30.9 Å². The summed E-state index contributed by atoms with van der Waals surface area (Å²) in [7, 11) is 0. The number of aryl methyl sites for hydroxylation is 1. The van der Waals surface area contributed by atoms with E-state index in [2.05, 4.69) is 37.0 Å². The fourth-order valence-corrected chi connectivity index (χ4v) is 3.38. The zero-order valence-electron chi connectivity index (χ0n) is 14.5. The summed E-state index contributed by atoms with van der Waals surface area (Å²) in [4.78, 5) is 14.0. The van der Waals surface area contributed by atoms with Crippen molar-refractivity contribution in [3.63, 3.8) is 0 Å². The largest absolute Gasteiger partial charge is 0.395 e. The highest BCUT2D eigenvalue weighted by atomic mass is 16.5. The molecule has 1 aliphatic heterocycles. The molecule has 1 heterocycles.